The lowest BCUT2D eigenvalue weighted by Crippen LogP contribution is -2.58. The molecule has 2 N–H and O–H groups in total. The average Bonchev–Trinajstić information content (AvgIpc) is 3.91. The molecular formula is C57H72N10O5. The molecule has 6 aliphatic heterocycles. The number of anilines is 3. The number of nitrogens with one attached hydrogen (secondary N) is 2. The molecule has 15 nitrogen and oxygen atoms in total. The van der Waals surface area contributed by atoms with Crippen LogP contribution in [0.5, 0.6) is 0 Å². The Morgan fingerprint density at radius 3 is 2.24 bits per heavy atom. The lowest BCUT2D eigenvalue weighted by Gasteiger charge is -2.48. The summed E-state index contributed by atoms with van der Waals surface area (Å²) in [5.41, 5.74) is 6.75. The highest BCUT2D eigenvalue weighted by molar-refractivity contribution is 6.09. The van der Waals surface area contributed by atoms with E-state index in [2.05, 4.69) is 81.9 Å². The van der Waals surface area contributed by atoms with Crippen LogP contribution in [0.2, 0.25) is 0 Å². The highest BCUT2D eigenvalue weighted by atomic mass is 16.2. The van der Waals surface area contributed by atoms with Gasteiger partial charge in [0.25, 0.3) is 0 Å². The van der Waals surface area contributed by atoms with Gasteiger partial charge in [-0.3, -0.25) is 29.3 Å². The topological polar surface area (TPSA) is 156 Å². The minimum atomic E-state index is -0.704. The average molecular weight is 977 g/mol. The Kier molecular flexibility index (Phi) is 12.0. The molecule has 2 aromatic carbocycles. The van der Waals surface area contributed by atoms with E-state index in [0.29, 0.717) is 63.9 Å². The van der Waals surface area contributed by atoms with E-state index in [1.807, 2.05) is 40.4 Å². The summed E-state index contributed by atoms with van der Waals surface area (Å²) in [6.07, 6.45) is 13.4. The number of likely N-dealkylation sites (tertiary alicyclic amines) is 3. The Balaban J connectivity index is 0.731. The Morgan fingerprint density at radius 2 is 1.54 bits per heavy atom. The largest absolute Gasteiger partial charge is 0.371 e. The summed E-state index contributed by atoms with van der Waals surface area (Å²) in [7, 11) is 0. The van der Waals surface area contributed by atoms with Gasteiger partial charge in [0.15, 0.2) is 5.82 Å². The smallest absolute Gasteiger partial charge is 0.238 e. The SMILES string of the molecule is CC(C)n1cnc2cc(-c3ccc4c(c3)N(C3CC(N5CCCCC5)C3)C(=O)C43CCN(C(=O)[C@H]4CN(C(=O)C5CCN(c6ccc([C@H]7CCC(=O)NC7=O)cc6)CC5)CC4(C)C)CC3)nc(NC3CC3)c21. The predicted molar refractivity (Wildman–Crippen MR) is 278 cm³/mol. The first-order chi connectivity index (χ1) is 34.7. The number of imide groups is 1. The normalized spacial score (nSPS) is 26.7. The fraction of sp³-hybridized carbons (Fsp3) is 0.596. The molecule has 380 valence electrons. The second-order valence-corrected chi connectivity index (χ2v) is 23.7. The van der Waals surface area contributed by atoms with Crippen LogP contribution in [-0.2, 0) is 29.4 Å². The lowest BCUT2D eigenvalue weighted by molar-refractivity contribution is -0.141. The fourth-order valence-electron chi connectivity index (χ4n) is 13.7. The molecule has 5 amide bonds. The van der Waals surface area contributed by atoms with Gasteiger partial charge in [0, 0.05) is 92.7 Å². The molecule has 2 atom stereocenters. The van der Waals surface area contributed by atoms with Crippen molar-refractivity contribution in [1.29, 1.82) is 0 Å². The number of carbonyl (C=O) groups is 5. The van der Waals surface area contributed by atoms with Crippen LogP contribution in [-0.4, -0.2) is 129 Å². The molecule has 0 radical (unpaired) electrons. The fourth-order valence-corrected chi connectivity index (χ4v) is 13.7. The van der Waals surface area contributed by atoms with Gasteiger partial charge in [-0.15, -0.1) is 0 Å². The van der Waals surface area contributed by atoms with E-state index in [1.54, 1.807) is 0 Å². The Bertz CT molecular complexity index is 2790. The van der Waals surface area contributed by atoms with Crippen LogP contribution in [0.3, 0.4) is 0 Å². The summed E-state index contributed by atoms with van der Waals surface area (Å²) in [4.78, 5) is 89.6. The third-order valence-corrected chi connectivity index (χ3v) is 18.3. The minimum Gasteiger partial charge on any atom is -0.371 e. The quantitative estimate of drug-likeness (QED) is 0.154. The zero-order valence-electron chi connectivity index (χ0n) is 42.7. The second kappa shape index (κ2) is 18.3. The monoisotopic (exact) mass is 977 g/mol. The number of rotatable bonds is 10. The molecule has 72 heavy (non-hydrogen) atoms. The molecule has 5 saturated heterocycles. The van der Waals surface area contributed by atoms with Crippen molar-refractivity contribution in [2.24, 2.45) is 17.3 Å². The van der Waals surface area contributed by atoms with Gasteiger partial charge in [-0.1, -0.05) is 44.5 Å². The van der Waals surface area contributed by atoms with Gasteiger partial charge in [-0.05, 0) is 138 Å². The number of piperidine rings is 4. The highest BCUT2D eigenvalue weighted by Gasteiger charge is 2.57. The van der Waals surface area contributed by atoms with E-state index < -0.39 is 5.41 Å². The number of hydrogen-bond acceptors (Lipinski definition) is 10. The number of nitrogens with zero attached hydrogens (tertiary/aromatic N) is 8. The minimum absolute atomic E-state index is 0.0963. The Hall–Kier alpha value is -5.83. The number of fused-ring (bicyclic) bond motifs is 3. The number of pyridine rings is 1. The maximum absolute atomic E-state index is 15.3. The molecule has 8 heterocycles. The van der Waals surface area contributed by atoms with E-state index in [4.69, 9.17) is 9.97 Å². The summed E-state index contributed by atoms with van der Waals surface area (Å²) >= 11 is 0. The van der Waals surface area contributed by atoms with Crippen molar-refractivity contribution in [2.75, 3.05) is 67.5 Å². The van der Waals surface area contributed by atoms with E-state index >= 15 is 4.79 Å². The molecule has 12 rings (SSSR count). The zero-order valence-corrected chi connectivity index (χ0v) is 42.7. The zero-order chi connectivity index (χ0) is 49.6. The van der Waals surface area contributed by atoms with Gasteiger partial charge in [-0.2, -0.15) is 0 Å². The van der Waals surface area contributed by atoms with Crippen molar-refractivity contribution in [1.82, 2.24) is 34.6 Å². The number of amides is 5. The molecule has 4 aromatic rings. The first kappa shape index (κ1) is 47.2. The molecule has 2 aromatic heterocycles. The molecule has 7 fully saturated rings. The molecular weight excluding hydrogens is 905 g/mol. The van der Waals surface area contributed by atoms with Crippen LogP contribution in [0, 0.1) is 17.3 Å². The standard InChI is InChI=1S/C57H72N10O5/c1-35(2)66-34-58-47-31-46(60-51(50(47)66)59-39-11-12-39)38-10-16-44-48(28-38)67(42-29-41(30-42)62-22-6-5-7-23-62)55(72)57(44)20-26-64(27-21-57)54(71)45-32-65(33-56(45,3)4)53(70)37-18-24-63(25-19-37)40-13-8-36(9-14-40)43-15-17-49(68)61-52(43)69/h8-10,13-14,16,28,31,34-35,37,39,41-43,45H,5-7,11-12,15,17-27,29-30,32-33H2,1-4H3,(H,59,60)(H,61,68,69)/t41?,42?,43-,45-/m1/s1. The maximum Gasteiger partial charge on any atom is 0.238 e. The predicted octanol–water partition coefficient (Wildman–Crippen LogP) is 7.40. The third kappa shape index (κ3) is 8.35. The van der Waals surface area contributed by atoms with Crippen LogP contribution < -0.4 is 20.4 Å². The van der Waals surface area contributed by atoms with Crippen molar-refractivity contribution in [3.63, 3.8) is 0 Å². The van der Waals surface area contributed by atoms with Gasteiger partial charge in [-0.25, -0.2) is 9.97 Å². The molecule has 0 bridgehead atoms. The van der Waals surface area contributed by atoms with Gasteiger partial charge < -0.3 is 34.4 Å². The van der Waals surface area contributed by atoms with Crippen molar-refractivity contribution < 1.29 is 24.0 Å². The Morgan fingerprint density at radius 1 is 0.806 bits per heavy atom. The van der Waals surface area contributed by atoms with Gasteiger partial charge in [0.05, 0.1) is 34.8 Å². The van der Waals surface area contributed by atoms with Crippen molar-refractivity contribution in [3.05, 3.63) is 66.0 Å². The first-order valence-electron chi connectivity index (χ1n) is 27.4. The summed E-state index contributed by atoms with van der Waals surface area (Å²) in [6.45, 7) is 14.4. The Labute approximate surface area is 423 Å². The number of imidazole rings is 1. The molecule has 2 saturated carbocycles. The van der Waals surface area contributed by atoms with Crippen LogP contribution in [0.25, 0.3) is 22.3 Å². The van der Waals surface area contributed by atoms with Crippen molar-refractivity contribution in [3.8, 4) is 11.3 Å². The summed E-state index contributed by atoms with van der Waals surface area (Å²) in [5.74, 6) is 0.120. The highest BCUT2D eigenvalue weighted by Crippen LogP contribution is 2.53. The molecule has 15 heteroatoms. The number of hydrogen-bond donors (Lipinski definition) is 2. The molecule has 8 aliphatic rings. The number of aromatic nitrogens is 3. The van der Waals surface area contributed by atoms with E-state index in [1.165, 1.54) is 19.3 Å². The van der Waals surface area contributed by atoms with Crippen LogP contribution in [0.4, 0.5) is 17.2 Å². The van der Waals surface area contributed by atoms with Gasteiger partial charge >= 0.3 is 0 Å². The van der Waals surface area contributed by atoms with Crippen LogP contribution in [0.1, 0.15) is 134 Å². The number of benzene rings is 2. The van der Waals surface area contributed by atoms with Gasteiger partial charge in [0.2, 0.25) is 29.5 Å². The lowest BCUT2D eigenvalue weighted by atomic mass is 9.72. The van der Waals surface area contributed by atoms with Crippen molar-refractivity contribution in [2.45, 2.75) is 147 Å². The molecule has 1 spiro atoms. The van der Waals surface area contributed by atoms with Gasteiger partial charge in [0.1, 0.15) is 5.52 Å². The second-order valence-electron chi connectivity index (χ2n) is 23.7. The van der Waals surface area contributed by atoms with Crippen LogP contribution in [0.15, 0.2) is 54.9 Å². The van der Waals surface area contributed by atoms with E-state index in [-0.39, 0.29) is 64.8 Å². The summed E-state index contributed by atoms with van der Waals surface area (Å²) in [5, 5.41) is 6.17. The molecule has 0 unspecified atom stereocenters. The van der Waals surface area contributed by atoms with E-state index in [9.17, 15) is 19.2 Å². The summed E-state index contributed by atoms with van der Waals surface area (Å²) < 4.78 is 2.20. The molecule has 2 aliphatic carbocycles. The maximum atomic E-state index is 15.3. The third-order valence-electron chi connectivity index (χ3n) is 18.3. The van der Waals surface area contributed by atoms with E-state index in [0.717, 1.165) is 115 Å². The first-order valence-corrected chi connectivity index (χ1v) is 27.4. The van der Waals surface area contributed by atoms with Crippen molar-refractivity contribution >= 4 is 57.8 Å². The number of carbonyl (C=O) groups excluding carboxylic acids is 5. The summed E-state index contributed by atoms with van der Waals surface area (Å²) in [6, 6.07) is 18.0. The van der Waals surface area contributed by atoms with Crippen LogP contribution >= 0.6 is 0 Å².